The zero-order chi connectivity index (χ0) is 23.1. The number of hydrogen-bond acceptors (Lipinski definition) is 5. The van der Waals surface area contributed by atoms with Crippen LogP contribution >= 0.6 is 31.9 Å². The molecule has 5 nitrogen and oxygen atoms in total. The van der Waals surface area contributed by atoms with Gasteiger partial charge in [0.1, 0.15) is 22.6 Å². The second-order valence-electron chi connectivity index (χ2n) is 8.59. The van der Waals surface area contributed by atoms with Crippen LogP contribution in [0.15, 0.2) is 91.1 Å². The van der Waals surface area contributed by atoms with E-state index in [4.69, 9.17) is 9.47 Å². The first-order valence-electron chi connectivity index (χ1n) is 10.1. The molecule has 2 aliphatic rings. The maximum Gasteiger partial charge on any atom is 0.222 e. The quantitative estimate of drug-likeness (QED) is 0.411. The van der Waals surface area contributed by atoms with E-state index in [9.17, 15) is 4.79 Å². The Kier molecular flexibility index (Phi) is 5.98. The van der Waals surface area contributed by atoms with E-state index in [0.29, 0.717) is 23.3 Å². The molecule has 2 heterocycles. The summed E-state index contributed by atoms with van der Waals surface area (Å²) in [6, 6.07) is 15.4. The Labute approximate surface area is 204 Å². The Hall–Kier alpha value is -2.51. The molecule has 164 valence electrons. The summed E-state index contributed by atoms with van der Waals surface area (Å²) in [5.74, 6) is 1.72. The van der Waals surface area contributed by atoms with Crippen LogP contribution in [0.4, 0.5) is 0 Å². The first-order chi connectivity index (χ1) is 15.0. The minimum Gasteiger partial charge on any atom is -0.440 e. The summed E-state index contributed by atoms with van der Waals surface area (Å²) in [5, 5.41) is 0. The van der Waals surface area contributed by atoms with Crippen molar-refractivity contribution in [3.63, 3.8) is 0 Å². The number of benzene rings is 2. The van der Waals surface area contributed by atoms with Crippen LogP contribution in [0.1, 0.15) is 38.8 Å². The van der Waals surface area contributed by atoms with Crippen molar-refractivity contribution in [2.45, 2.75) is 38.8 Å². The van der Waals surface area contributed by atoms with E-state index in [-0.39, 0.29) is 5.78 Å². The van der Waals surface area contributed by atoms with Crippen LogP contribution in [0, 0.1) is 0 Å². The van der Waals surface area contributed by atoms with Crippen molar-refractivity contribution < 1.29 is 14.3 Å². The number of nitrogens with zero attached hydrogens (tertiary/aromatic N) is 2. The highest BCUT2D eigenvalue weighted by Crippen LogP contribution is 2.33. The molecule has 0 saturated heterocycles. The third kappa shape index (κ3) is 4.79. The summed E-state index contributed by atoms with van der Waals surface area (Å²) in [4.78, 5) is 22.2. The maximum absolute atomic E-state index is 12.9. The standard InChI is InChI=1S/C25H22Br2N2O3/c1-24(2)20(31-22(28-24)15-5-9-17(26)10-6-15)13-19(30)14-21-25(3,4)29-23(32-21)16-7-11-18(27)12-8-16/h5-14H,1-4H3/b20-13+,21-14+. The summed E-state index contributed by atoms with van der Waals surface area (Å²) in [7, 11) is 0. The molecule has 0 atom stereocenters. The Morgan fingerprint density at radius 3 is 1.41 bits per heavy atom. The third-order valence-electron chi connectivity index (χ3n) is 5.11. The number of carbonyl (C=O) groups is 1. The zero-order valence-electron chi connectivity index (χ0n) is 18.1. The van der Waals surface area contributed by atoms with Crippen molar-refractivity contribution in [1.29, 1.82) is 0 Å². The molecule has 0 aliphatic carbocycles. The number of rotatable bonds is 4. The fourth-order valence-electron chi connectivity index (χ4n) is 3.27. The van der Waals surface area contributed by atoms with Crippen molar-refractivity contribution in [2.75, 3.05) is 0 Å². The minimum atomic E-state index is -0.651. The highest BCUT2D eigenvalue weighted by molar-refractivity contribution is 9.10. The first-order valence-corrected chi connectivity index (χ1v) is 11.7. The van der Waals surface area contributed by atoms with Crippen molar-refractivity contribution >= 4 is 49.4 Å². The average Bonchev–Trinajstić information content (AvgIpc) is 3.18. The number of hydrogen-bond donors (Lipinski definition) is 0. The molecule has 2 aliphatic heterocycles. The lowest BCUT2D eigenvalue weighted by Gasteiger charge is -2.15. The van der Waals surface area contributed by atoms with Gasteiger partial charge in [-0.05, 0) is 76.2 Å². The average molecular weight is 558 g/mol. The monoisotopic (exact) mass is 556 g/mol. The van der Waals surface area contributed by atoms with Crippen LogP contribution in [0.3, 0.4) is 0 Å². The van der Waals surface area contributed by atoms with Gasteiger partial charge in [-0.25, -0.2) is 9.98 Å². The van der Waals surface area contributed by atoms with Crippen LogP contribution in [0.5, 0.6) is 0 Å². The van der Waals surface area contributed by atoms with Crippen molar-refractivity contribution in [1.82, 2.24) is 0 Å². The van der Waals surface area contributed by atoms with Crippen LogP contribution < -0.4 is 0 Å². The van der Waals surface area contributed by atoms with E-state index < -0.39 is 11.1 Å². The van der Waals surface area contributed by atoms with Crippen LogP contribution in [-0.4, -0.2) is 28.7 Å². The Morgan fingerprint density at radius 1 is 0.719 bits per heavy atom. The Balaban J connectivity index is 1.53. The topological polar surface area (TPSA) is 60.2 Å². The van der Waals surface area contributed by atoms with Crippen LogP contribution in [0.2, 0.25) is 0 Å². The van der Waals surface area contributed by atoms with E-state index in [1.807, 2.05) is 76.2 Å². The van der Waals surface area contributed by atoms with Gasteiger partial charge in [-0.2, -0.15) is 0 Å². The van der Waals surface area contributed by atoms with E-state index in [1.54, 1.807) is 0 Å². The van der Waals surface area contributed by atoms with Gasteiger partial charge in [-0.15, -0.1) is 0 Å². The number of carbonyl (C=O) groups excluding carboxylic acids is 1. The highest BCUT2D eigenvalue weighted by Gasteiger charge is 2.36. The van der Waals surface area contributed by atoms with Crippen molar-refractivity contribution in [3.8, 4) is 0 Å². The largest absolute Gasteiger partial charge is 0.440 e. The van der Waals surface area contributed by atoms with Gasteiger partial charge in [0.2, 0.25) is 11.8 Å². The fraction of sp³-hybridized carbons (Fsp3) is 0.240. The number of allylic oxidation sites excluding steroid dienone is 2. The summed E-state index contributed by atoms with van der Waals surface area (Å²) >= 11 is 6.85. The van der Waals surface area contributed by atoms with E-state index in [0.717, 1.165) is 20.1 Å². The number of ketones is 1. The molecule has 0 aromatic heterocycles. The molecular weight excluding hydrogens is 536 g/mol. The van der Waals surface area contributed by atoms with Gasteiger partial charge >= 0.3 is 0 Å². The lowest BCUT2D eigenvalue weighted by molar-refractivity contribution is -0.110. The highest BCUT2D eigenvalue weighted by atomic mass is 79.9. The van der Waals surface area contributed by atoms with Crippen LogP contribution in [-0.2, 0) is 14.3 Å². The SMILES string of the molecule is CC1(C)N=C(c2ccc(Br)cc2)O/C1=C/C(=O)/C=C1/OC(c2ccc(Br)cc2)=NC1(C)C. The molecule has 32 heavy (non-hydrogen) atoms. The molecule has 0 unspecified atom stereocenters. The normalized spacial score (nSPS) is 21.2. The van der Waals surface area contributed by atoms with Crippen LogP contribution in [0.25, 0.3) is 0 Å². The van der Waals surface area contributed by atoms with E-state index in [2.05, 4.69) is 41.8 Å². The first kappa shape index (κ1) is 22.7. The molecule has 7 heteroatoms. The van der Waals surface area contributed by atoms with Gasteiger partial charge in [0.25, 0.3) is 0 Å². The molecule has 0 spiro atoms. The molecular formula is C25H22Br2N2O3. The molecule has 0 saturated carbocycles. The summed E-state index contributed by atoms with van der Waals surface area (Å²) in [5.41, 5.74) is 0.398. The molecule has 2 aromatic rings. The van der Waals surface area contributed by atoms with Gasteiger partial charge in [0.05, 0.1) is 0 Å². The predicted octanol–water partition coefficient (Wildman–Crippen LogP) is 6.36. The van der Waals surface area contributed by atoms with Gasteiger partial charge in [-0.3, -0.25) is 4.79 Å². The summed E-state index contributed by atoms with van der Waals surface area (Å²) < 4.78 is 13.9. The molecule has 2 aromatic carbocycles. The molecule has 4 rings (SSSR count). The predicted molar refractivity (Wildman–Crippen MR) is 133 cm³/mol. The van der Waals surface area contributed by atoms with E-state index >= 15 is 0 Å². The number of ether oxygens (including phenoxy) is 2. The number of aliphatic imine (C=N–C) groups is 2. The van der Waals surface area contributed by atoms with E-state index in [1.165, 1.54) is 12.2 Å². The lowest BCUT2D eigenvalue weighted by Crippen LogP contribution is -2.19. The van der Waals surface area contributed by atoms with Crippen molar-refractivity contribution in [2.24, 2.45) is 9.98 Å². The molecule has 0 N–H and O–H groups in total. The molecule has 0 radical (unpaired) electrons. The Bertz CT molecular complexity index is 1100. The maximum atomic E-state index is 12.9. The van der Waals surface area contributed by atoms with Crippen molar-refractivity contribution in [3.05, 3.63) is 92.3 Å². The second-order valence-corrected chi connectivity index (χ2v) is 10.4. The van der Waals surface area contributed by atoms with Gasteiger partial charge in [0.15, 0.2) is 5.78 Å². The van der Waals surface area contributed by atoms with Gasteiger partial charge in [-0.1, -0.05) is 31.9 Å². The lowest BCUT2D eigenvalue weighted by atomic mass is 10.0. The number of halogens is 2. The summed E-state index contributed by atoms with van der Waals surface area (Å²) in [6.07, 6.45) is 2.94. The third-order valence-corrected chi connectivity index (χ3v) is 6.17. The Morgan fingerprint density at radius 2 is 1.06 bits per heavy atom. The summed E-state index contributed by atoms with van der Waals surface area (Å²) in [6.45, 7) is 7.65. The van der Waals surface area contributed by atoms with Gasteiger partial charge < -0.3 is 9.47 Å². The smallest absolute Gasteiger partial charge is 0.222 e. The second kappa shape index (κ2) is 8.45. The minimum absolute atomic E-state index is 0.240. The molecule has 0 bridgehead atoms. The van der Waals surface area contributed by atoms with Gasteiger partial charge in [0, 0.05) is 32.2 Å². The fourth-order valence-corrected chi connectivity index (χ4v) is 3.79. The molecule has 0 amide bonds. The molecule has 0 fully saturated rings. The zero-order valence-corrected chi connectivity index (χ0v) is 21.3.